The van der Waals surface area contributed by atoms with Crippen molar-refractivity contribution in [3.8, 4) is 0 Å². The van der Waals surface area contributed by atoms with Crippen molar-refractivity contribution in [2.75, 3.05) is 10.6 Å². The highest BCUT2D eigenvalue weighted by Crippen LogP contribution is 2.21. The highest BCUT2D eigenvalue weighted by atomic mass is 16.1. The topological polar surface area (TPSA) is 54.0 Å². The van der Waals surface area contributed by atoms with Gasteiger partial charge >= 0.3 is 0 Å². The summed E-state index contributed by atoms with van der Waals surface area (Å²) in [5.41, 5.74) is 2.29. The van der Waals surface area contributed by atoms with Crippen molar-refractivity contribution in [3.63, 3.8) is 0 Å². The summed E-state index contributed by atoms with van der Waals surface area (Å²) in [7, 11) is 0. The van der Waals surface area contributed by atoms with Gasteiger partial charge in [-0.15, -0.1) is 0 Å². The number of carbonyl (C=O) groups is 1. The number of benzene rings is 1. The summed E-state index contributed by atoms with van der Waals surface area (Å²) >= 11 is 0. The average Bonchev–Trinajstić information content (AvgIpc) is 2.57. The number of amides is 1. The molecular formula is C18H21N3O. The molecule has 4 nitrogen and oxygen atoms in total. The Morgan fingerprint density at radius 1 is 1.00 bits per heavy atom. The zero-order chi connectivity index (χ0) is 15.2. The Morgan fingerprint density at radius 2 is 1.77 bits per heavy atom. The van der Waals surface area contributed by atoms with E-state index >= 15 is 0 Å². The predicted molar refractivity (Wildman–Crippen MR) is 89.1 cm³/mol. The molecule has 1 aromatic heterocycles. The SMILES string of the molecule is O=C(Nc1ccccc1)c1cncc(NC2CCCCC2)c1. The lowest BCUT2D eigenvalue weighted by Crippen LogP contribution is -2.22. The Labute approximate surface area is 131 Å². The number of carbonyl (C=O) groups excluding carboxylic acids is 1. The summed E-state index contributed by atoms with van der Waals surface area (Å²) in [6.07, 6.45) is 9.66. The number of rotatable bonds is 4. The van der Waals surface area contributed by atoms with Crippen LogP contribution in [0.15, 0.2) is 48.8 Å². The molecule has 1 aliphatic rings. The van der Waals surface area contributed by atoms with Crippen LogP contribution in [0, 0.1) is 0 Å². The molecule has 2 N–H and O–H groups in total. The van der Waals surface area contributed by atoms with E-state index in [0.717, 1.165) is 11.4 Å². The number of nitrogens with one attached hydrogen (secondary N) is 2. The summed E-state index contributed by atoms with van der Waals surface area (Å²) in [6, 6.07) is 11.8. The number of hydrogen-bond acceptors (Lipinski definition) is 3. The van der Waals surface area contributed by atoms with Crippen LogP contribution in [0.25, 0.3) is 0 Å². The fourth-order valence-corrected chi connectivity index (χ4v) is 2.85. The van der Waals surface area contributed by atoms with Gasteiger partial charge in [0.25, 0.3) is 5.91 Å². The molecule has 0 atom stereocenters. The third kappa shape index (κ3) is 3.85. The van der Waals surface area contributed by atoms with E-state index in [0.29, 0.717) is 11.6 Å². The monoisotopic (exact) mass is 295 g/mol. The fourth-order valence-electron chi connectivity index (χ4n) is 2.85. The standard InChI is InChI=1S/C18H21N3O/c22-18(21-16-9-5-2-6-10-16)14-11-17(13-19-12-14)20-15-7-3-1-4-8-15/h2,5-6,9-13,15,20H,1,3-4,7-8H2,(H,21,22). The lowest BCUT2D eigenvalue weighted by Gasteiger charge is -2.23. The molecule has 1 amide bonds. The first kappa shape index (κ1) is 14.6. The van der Waals surface area contributed by atoms with Gasteiger partial charge in [-0.1, -0.05) is 37.5 Å². The summed E-state index contributed by atoms with van der Waals surface area (Å²) in [5, 5.41) is 6.38. The van der Waals surface area contributed by atoms with Crippen LogP contribution in [0.1, 0.15) is 42.5 Å². The second-order valence-electron chi connectivity index (χ2n) is 5.76. The molecule has 0 bridgehead atoms. The van der Waals surface area contributed by atoms with Gasteiger partial charge in [-0.05, 0) is 31.0 Å². The third-order valence-corrected chi connectivity index (χ3v) is 4.01. The van der Waals surface area contributed by atoms with Crippen LogP contribution in [0.2, 0.25) is 0 Å². The molecule has 1 aromatic carbocycles. The molecule has 1 aliphatic carbocycles. The van der Waals surface area contributed by atoms with Gasteiger partial charge in [0.05, 0.1) is 11.3 Å². The van der Waals surface area contributed by atoms with Gasteiger partial charge < -0.3 is 10.6 Å². The van der Waals surface area contributed by atoms with Crippen molar-refractivity contribution >= 4 is 17.3 Å². The Hall–Kier alpha value is -2.36. The van der Waals surface area contributed by atoms with Crippen molar-refractivity contribution in [3.05, 3.63) is 54.4 Å². The zero-order valence-corrected chi connectivity index (χ0v) is 12.6. The van der Waals surface area contributed by atoms with Crippen LogP contribution in [0.3, 0.4) is 0 Å². The molecule has 0 radical (unpaired) electrons. The van der Waals surface area contributed by atoms with Crippen molar-refractivity contribution in [1.29, 1.82) is 0 Å². The molecule has 0 saturated heterocycles. The average molecular weight is 295 g/mol. The maximum Gasteiger partial charge on any atom is 0.257 e. The minimum atomic E-state index is -0.133. The molecule has 1 fully saturated rings. The lowest BCUT2D eigenvalue weighted by atomic mass is 9.95. The first-order valence-corrected chi connectivity index (χ1v) is 7.89. The number of nitrogens with zero attached hydrogens (tertiary/aromatic N) is 1. The van der Waals surface area contributed by atoms with Crippen molar-refractivity contribution < 1.29 is 4.79 Å². The van der Waals surface area contributed by atoms with Crippen molar-refractivity contribution in [2.45, 2.75) is 38.1 Å². The van der Waals surface area contributed by atoms with E-state index in [9.17, 15) is 4.79 Å². The first-order valence-electron chi connectivity index (χ1n) is 7.89. The summed E-state index contributed by atoms with van der Waals surface area (Å²) in [4.78, 5) is 16.5. The predicted octanol–water partition coefficient (Wildman–Crippen LogP) is 4.08. The molecular weight excluding hydrogens is 274 g/mol. The molecule has 4 heteroatoms. The molecule has 1 heterocycles. The normalized spacial score (nSPS) is 15.3. The Balaban J connectivity index is 1.66. The van der Waals surface area contributed by atoms with Gasteiger partial charge in [-0.2, -0.15) is 0 Å². The summed E-state index contributed by atoms with van der Waals surface area (Å²) in [6.45, 7) is 0. The van der Waals surface area contributed by atoms with Gasteiger partial charge in [0.1, 0.15) is 0 Å². The maximum atomic E-state index is 12.3. The molecule has 3 rings (SSSR count). The van der Waals surface area contributed by atoms with E-state index in [2.05, 4.69) is 15.6 Å². The Kier molecular flexibility index (Phi) is 4.68. The third-order valence-electron chi connectivity index (χ3n) is 4.01. The minimum absolute atomic E-state index is 0.133. The number of para-hydroxylation sites is 1. The van der Waals surface area contributed by atoms with E-state index < -0.39 is 0 Å². The number of pyridine rings is 1. The summed E-state index contributed by atoms with van der Waals surface area (Å²) < 4.78 is 0. The second-order valence-corrected chi connectivity index (χ2v) is 5.76. The molecule has 2 aromatic rings. The van der Waals surface area contributed by atoms with Crippen LogP contribution >= 0.6 is 0 Å². The Morgan fingerprint density at radius 3 is 2.55 bits per heavy atom. The number of hydrogen-bond donors (Lipinski definition) is 2. The van der Waals surface area contributed by atoms with Crippen molar-refractivity contribution in [1.82, 2.24) is 4.98 Å². The van der Waals surface area contributed by atoms with Gasteiger partial charge in [0.15, 0.2) is 0 Å². The molecule has 0 aliphatic heterocycles. The fraction of sp³-hybridized carbons (Fsp3) is 0.333. The van der Waals surface area contributed by atoms with Crippen LogP contribution in [0.4, 0.5) is 11.4 Å². The largest absolute Gasteiger partial charge is 0.381 e. The van der Waals surface area contributed by atoms with E-state index in [1.165, 1.54) is 32.1 Å². The smallest absolute Gasteiger partial charge is 0.257 e. The van der Waals surface area contributed by atoms with E-state index in [-0.39, 0.29) is 5.91 Å². The maximum absolute atomic E-state index is 12.3. The van der Waals surface area contributed by atoms with Crippen LogP contribution in [-0.4, -0.2) is 16.9 Å². The van der Waals surface area contributed by atoms with E-state index in [1.807, 2.05) is 36.4 Å². The highest BCUT2D eigenvalue weighted by molar-refractivity contribution is 6.04. The van der Waals surface area contributed by atoms with Crippen LogP contribution in [0.5, 0.6) is 0 Å². The molecule has 0 spiro atoms. The van der Waals surface area contributed by atoms with E-state index in [1.54, 1.807) is 12.4 Å². The van der Waals surface area contributed by atoms with Gasteiger partial charge in [-0.25, -0.2) is 0 Å². The van der Waals surface area contributed by atoms with Crippen LogP contribution < -0.4 is 10.6 Å². The minimum Gasteiger partial charge on any atom is -0.381 e. The molecule has 1 saturated carbocycles. The van der Waals surface area contributed by atoms with Gasteiger partial charge in [0, 0.05) is 24.1 Å². The quantitative estimate of drug-likeness (QED) is 0.893. The van der Waals surface area contributed by atoms with Crippen LogP contribution in [-0.2, 0) is 0 Å². The zero-order valence-electron chi connectivity index (χ0n) is 12.6. The molecule has 22 heavy (non-hydrogen) atoms. The molecule has 114 valence electrons. The second kappa shape index (κ2) is 7.07. The molecule has 0 unspecified atom stereocenters. The van der Waals surface area contributed by atoms with Gasteiger partial charge in [0.2, 0.25) is 0 Å². The Bertz CT molecular complexity index is 621. The van der Waals surface area contributed by atoms with Gasteiger partial charge in [-0.3, -0.25) is 9.78 Å². The summed E-state index contributed by atoms with van der Waals surface area (Å²) in [5.74, 6) is -0.133. The lowest BCUT2D eigenvalue weighted by molar-refractivity contribution is 0.102. The van der Waals surface area contributed by atoms with Crippen molar-refractivity contribution in [2.24, 2.45) is 0 Å². The number of aromatic nitrogens is 1. The highest BCUT2D eigenvalue weighted by Gasteiger charge is 2.14. The van der Waals surface area contributed by atoms with E-state index in [4.69, 9.17) is 0 Å². The number of anilines is 2. The first-order chi connectivity index (χ1) is 10.8.